The van der Waals surface area contributed by atoms with Crippen molar-refractivity contribution in [2.24, 2.45) is 0 Å². The lowest BCUT2D eigenvalue weighted by molar-refractivity contribution is 0.0490. The molecule has 0 atom stereocenters. The van der Waals surface area contributed by atoms with Crippen LogP contribution in [0.3, 0.4) is 0 Å². The van der Waals surface area contributed by atoms with Crippen LogP contribution in [0.2, 0.25) is 5.02 Å². The van der Waals surface area contributed by atoms with Gasteiger partial charge in [-0.2, -0.15) is 0 Å². The van der Waals surface area contributed by atoms with E-state index in [-0.39, 0.29) is 12.2 Å². The molecule has 0 aliphatic rings. The Balaban J connectivity index is 1.94. The maximum Gasteiger partial charge on any atom is 0.338 e. The second kappa shape index (κ2) is 6.25. The van der Waals surface area contributed by atoms with E-state index in [2.05, 4.69) is 0 Å². The predicted molar refractivity (Wildman–Crippen MR) is 76.8 cm³/mol. The number of esters is 1. The van der Waals surface area contributed by atoms with Gasteiger partial charge in [0.2, 0.25) is 0 Å². The van der Waals surface area contributed by atoms with Crippen molar-refractivity contribution in [3.63, 3.8) is 0 Å². The summed E-state index contributed by atoms with van der Waals surface area (Å²) in [4.78, 5) is 23.2. The molecular formula is C14H13ClN2O3. The summed E-state index contributed by atoms with van der Waals surface area (Å²) >= 11 is 5.77. The molecular weight excluding hydrogens is 280 g/mol. The van der Waals surface area contributed by atoms with Crippen molar-refractivity contribution in [3.05, 3.63) is 63.5 Å². The molecule has 0 saturated carbocycles. The van der Waals surface area contributed by atoms with Crippen molar-refractivity contribution in [1.82, 2.24) is 4.57 Å². The zero-order chi connectivity index (χ0) is 14.5. The summed E-state index contributed by atoms with van der Waals surface area (Å²) in [6, 6.07) is 9.37. The van der Waals surface area contributed by atoms with Gasteiger partial charge in [0.15, 0.2) is 0 Å². The Kier molecular flexibility index (Phi) is 4.42. The summed E-state index contributed by atoms with van der Waals surface area (Å²) in [6.45, 7) is 0.403. The number of nitrogens with zero attached hydrogens (tertiary/aromatic N) is 1. The van der Waals surface area contributed by atoms with Crippen LogP contribution in [-0.4, -0.2) is 17.1 Å². The van der Waals surface area contributed by atoms with E-state index in [9.17, 15) is 9.59 Å². The number of rotatable bonds is 4. The Labute approximate surface area is 120 Å². The Hall–Kier alpha value is -2.27. The molecule has 5 nitrogen and oxygen atoms in total. The van der Waals surface area contributed by atoms with E-state index in [1.807, 2.05) is 0 Å². The summed E-state index contributed by atoms with van der Waals surface area (Å²) in [5.41, 5.74) is 6.12. The highest BCUT2D eigenvalue weighted by Gasteiger charge is 2.09. The van der Waals surface area contributed by atoms with E-state index in [0.29, 0.717) is 22.8 Å². The summed E-state index contributed by atoms with van der Waals surface area (Å²) in [5.74, 6) is -0.502. The minimum absolute atomic E-state index is 0.102. The van der Waals surface area contributed by atoms with Crippen molar-refractivity contribution in [1.29, 1.82) is 0 Å². The smallest absolute Gasteiger partial charge is 0.338 e. The van der Waals surface area contributed by atoms with Crippen LogP contribution in [0, 0.1) is 0 Å². The third kappa shape index (κ3) is 3.39. The molecule has 0 fully saturated rings. The van der Waals surface area contributed by atoms with Crippen LogP contribution >= 0.6 is 11.6 Å². The molecule has 2 rings (SSSR count). The predicted octanol–water partition coefficient (Wildman–Crippen LogP) is 1.94. The molecule has 20 heavy (non-hydrogen) atoms. The van der Waals surface area contributed by atoms with Crippen molar-refractivity contribution in [2.75, 3.05) is 12.3 Å². The minimum atomic E-state index is -0.502. The van der Waals surface area contributed by atoms with Crippen molar-refractivity contribution < 1.29 is 9.53 Å². The van der Waals surface area contributed by atoms with Gasteiger partial charge >= 0.3 is 5.97 Å². The van der Waals surface area contributed by atoms with Crippen LogP contribution < -0.4 is 11.3 Å². The molecule has 0 unspecified atom stereocenters. The molecule has 0 radical (unpaired) electrons. The standard InChI is InChI=1S/C14H13ClN2O3/c15-11-5-4-10(9-12(11)16)14(19)20-8-7-17-6-2-1-3-13(17)18/h1-6,9H,7-8,16H2. The normalized spacial score (nSPS) is 10.2. The summed E-state index contributed by atoms with van der Waals surface area (Å²) in [6.07, 6.45) is 1.64. The molecule has 0 aliphatic carbocycles. The largest absolute Gasteiger partial charge is 0.460 e. The van der Waals surface area contributed by atoms with E-state index >= 15 is 0 Å². The van der Waals surface area contributed by atoms with Crippen LogP contribution in [0.5, 0.6) is 0 Å². The van der Waals surface area contributed by atoms with Crippen molar-refractivity contribution in [2.45, 2.75) is 6.54 Å². The summed E-state index contributed by atoms with van der Waals surface area (Å²) < 4.78 is 6.55. The molecule has 2 aromatic rings. The molecule has 0 aliphatic heterocycles. The number of hydrogen-bond donors (Lipinski definition) is 1. The first kappa shape index (κ1) is 14.1. The number of aromatic nitrogens is 1. The molecule has 104 valence electrons. The lowest BCUT2D eigenvalue weighted by Crippen LogP contribution is -2.21. The van der Waals surface area contributed by atoms with E-state index < -0.39 is 5.97 Å². The zero-order valence-electron chi connectivity index (χ0n) is 10.6. The maximum absolute atomic E-state index is 11.8. The fraction of sp³-hybridized carbons (Fsp3) is 0.143. The van der Waals surface area contributed by atoms with E-state index in [1.165, 1.54) is 28.8 Å². The number of carbonyl (C=O) groups is 1. The Morgan fingerprint density at radius 2 is 2.10 bits per heavy atom. The highest BCUT2D eigenvalue weighted by molar-refractivity contribution is 6.33. The van der Waals surface area contributed by atoms with Gasteiger partial charge in [-0.15, -0.1) is 0 Å². The van der Waals surface area contributed by atoms with Gasteiger partial charge < -0.3 is 15.0 Å². The van der Waals surface area contributed by atoms with Gasteiger partial charge in [-0.3, -0.25) is 4.79 Å². The number of pyridine rings is 1. The van der Waals surface area contributed by atoms with Crippen LogP contribution in [0.1, 0.15) is 10.4 Å². The van der Waals surface area contributed by atoms with Crippen molar-refractivity contribution >= 4 is 23.3 Å². The minimum Gasteiger partial charge on any atom is -0.460 e. The zero-order valence-corrected chi connectivity index (χ0v) is 11.3. The first-order valence-electron chi connectivity index (χ1n) is 5.95. The fourth-order valence-electron chi connectivity index (χ4n) is 1.64. The lowest BCUT2D eigenvalue weighted by atomic mass is 10.2. The number of nitrogens with two attached hydrogens (primary N) is 1. The fourth-order valence-corrected chi connectivity index (χ4v) is 1.75. The quantitative estimate of drug-likeness (QED) is 0.690. The monoisotopic (exact) mass is 292 g/mol. The van der Waals surface area contributed by atoms with Crippen LogP contribution in [0.25, 0.3) is 0 Å². The number of hydrogen-bond acceptors (Lipinski definition) is 4. The van der Waals surface area contributed by atoms with Gasteiger partial charge in [0.05, 0.1) is 22.8 Å². The average molecular weight is 293 g/mol. The van der Waals surface area contributed by atoms with Crippen LogP contribution in [0.4, 0.5) is 5.69 Å². The van der Waals surface area contributed by atoms with E-state index in [4.69, 9.17) is 22.1 Å². The number of carbonyl (C=O) groups excluding carboxylic acids is 1. The van der Waals surface area contributed by atoms with Gasteiger partial charge in [0, 0.05) is 12.3 Å². The Morgan fingerprint density at radius 1 is 1.30 bits per heavy atom. The van der Waals surface area contributed by atoms with Gasteiger partial charge in [-0.25, -0.2) is 4.79 Å². The number of benzene rings is 1. The second-order valence-corrected chi connectivity index (χ2v) is 4.51. The van der Waals surface area contributed by atoms with E-state index in [1.54, 1.807) is 18.3 Å². The number of ether oxygens (including phenoxy) is 1. The molecule has 1 heterocycles. The molecule has 0 saturated heterocycles. The van der Waals surface area contributed by atoms with Gasteiger partial charge in [-0.1, -0.05) is 17.7 Å². The number of nitrogen functional groups attached to an aromatic ring is 1. The topological polar surface area (TPSA) is 74.3 Å². The van der Waals surface area contributed by atoms with Gasteiger partial charge in [0.1, 0.15) is 6.61 Å². The SMILES string of the molecule is Nc1cc(C(=O)OCCn2ccccc2=O)ccc1Cl. The Morgan fingerprint density at radius 3 is 2.80 bits per heavy atom. The third-order valence-electron chi connectivity index (χ3n) is 2.70. The molecule has 6 heteroatoms. The summed E-state index contributed by atoms with van der Waals surface area (Å²) in [7, 11) is 0. The molecule has 2 N–H and O–H groups in total. The Bertz CT molecular complexity index is 682. The van der Waals surface area contributed by atoms with Crippen molar-refractivity contribution in [3.8, 4) is 0 Å². The molecule has 0 amide bonds. The highest BCUT2D eigenvalue weighted by Crippen LogP contribution is 2.19. The number of halogens is 1. The maximum atomic E-state index is 11.8. The highest BCUT2D eigenvalue weighted by atomic mass is 35.5. The molecule has 0 spiro atoms. The van der Waals surface area contributed by atoms with Crippen LogP contribution in [-0.2, 0) is 11.3 Å². The third-order valence-corrected chi connectivity index (χ3v) is 3.04. The first-order valence-corrected chi connectivity index (χ1v) is 6.33. The van der Waals surface area contributed by atoms with Gasteiger partial charge in [0.25, 0.3) is 5.56 Å². The second-order valence-electron chi connectivity index (χ2n) is 4.10. The molecule has 0 bridgehead atoms. The van der Waals surface area contributed by atoms with Gasteiger partial charge in [-0.05, 0) is 24.3 Å². The molecule has 1 aromatic heterocycles. The van der Waals surface area contributed by atoms with E-state index in [0.717, 1.165) is 0 Å². The number of anilines is 1. The average Bonchev–Trinajstić information content (AvgIpc) is 2.44. The lowest BCUT2D eigenvalue weighted by Gasteiger charge is -2.07. The summed E-state index contributed by atoms with van der Waals surface area (Å²) in [5, 5.41) is 0.386. The first-order chi connectivity index (χ1) is 9.58. The molecule has 1 aromatic carbocycles. The van der Waals surface area contributed by atoms with Crippen LogP contribution in [0.15, 0.2) is 47.4 Å².